The molecule has 0 unspecified atom stereocenters. The number of rotatable bonds is 4. The summed E-state index contributed by atoms with van der Waals surface area (Å²) < 4.78 is 0. The van der Waals surface area contributed by atoms with Crippen LogP contribution >= 0.6 is 0 Å². The van der Waals surface area contributed by atoms with Crippen molar-refractivity contribution in [2.75, 3.05) is 6.54 Å². The Kier molecular flexibility index (Phi) is 4.78. The molecule has 1 aliphatic rings. The molecule has 2 rings (SSSR count). The van der Waals surface area contributed by atoms with Gasteiger partial charge < -0.3 is 16.2 Å². The molecule has 110 valence electrons. The molecule has 1 aliphatic carbocycles. The molecular formula is C16H24N2O2. The van der Waals surface area contributed by atoms with Crippen LogP contribution in [0.1, 0.15) is 44.2 Å². The van der Waals surface area contributed by atoms with Gasteiger partial charge in [0.1, 0.15) is 6.04 Å². The molecular weight excluding hydrogens is 252 g/mol. The van der Waals surface area contributed by atoms with Crippen molar-refractivity contribution in [2.24, 2.45) is 11.7 Å². The highest BCUT2D eigenvalue weighted by Gasteiger charge is 2.32. The topological polar surface area (TPSA) is 75.3 Å². The van der Waals surface area contributed by atoms with Crippen molar-refractivity contribution in [1.82, 2.24) is 5.32 Å². The van der Waals surface area contributed by atoms with E-state index in [4.69, 9.17) is 5.73 Å². The molecule has 4 heteroatoms. The first-order valence-electron chi connectivity index (χ1n) is 7.31. The van der Waals surface area contributed by atoms with E-state index >= 15 is 0 Å². The molecule has 20 heavy (non-hydrogen) atoms. The van der Waals surface area contributed by atoms with E-state index in [0.717, 1.165) is 31.2 Å². The fourth-order valence-corrected chi connectivity index (χ4v) is 2.65. The van der Waals surface area contributed by atoms with E-state index < -0.39 is 11.6 Å². The van der Waals surface area contributed by atoms with Gasteiger partial charge in [-0.2, -0.15) is 0 Å². The zero-order valence-electron chi connectivity index (χ0n) is 12.0. The van der Waals surface area contributed by atoms with Gasteiger partial charge in [0, 0.05) is 6.54 Å². The zero-order valence-corrected chi connectivity index (χ0v) is 12.0. The number of hydrogen-bond acceptors (Lipinski definition) is 3. The van der Waals surface area contributed by atoms with Crippen LogP contribution < -0.4 is 11.1 Å². The van der Waals surface area contributed by atoms with E-state index in [2.05, 4.69) is 12.2 Å². The molecule has 1 saturated carbocycles. The van der Waals surface area contributed by atoms with E-state index in [9.17, 15) is 9.90 Å². The van der Waals surface area contributed by atoms with E-state index in [1.165, 1.54) is 0 Å². The molecule has 0 radical (unpaired) electrons. The van der Waals surface area contributed by atoms with Crippen molar-refractivity contribution in [3.05, 3.63) is 35.9 Å². The van der Waals surface area contributed by atoms with Crippen LogP contribution in [-0.4, -0.2) is 23.2 Å². The van der Waals surface area contributed by atoms with Crippen LogP contribution in [0.5, 0.6) is 0 Å². The summed E-state index contributed by atoms with van der Waals surface area (Å²) in [4.78, 5) is 12.0. The monoisotopic (exact) mass is 276 g/mol. The lowest BCUT2D eigenvalue weighted by atomic mass is 9.79. The maximum atomic E-state index is 12.0. The largest absolute Gasteiger partial charge is 0.388 e. The standard InChI is InChI=1S/C16H24N2O2/c1-12-7-9-16(20,10-8-12)11-18-15(19)14(17)13-5-3-2-4-6-13/h2-6,12,14,20H,7-11,17H2,1H3,(H,18,19)/t12?,14-,16?/m0/s1. The molecule has 0 aliphatic heterocycles. The second-order valence-corrected chi connectivity index (χ2v) is 6.01. The highest BCUT2D eigenvalue weighted by molar-refractivity contribution is 5.82. The molecule has 1 amide bonds. The van der Waals surface area contributed by atoms with Gasteiger partial charge in [-0.1, -0.05) is 37.3 Å². The minimum absolute atomic E-state index is 0.233. The van der Waals surface area contributed by atoms with Crippen LogP contribution in [0, 0.1) is 5.92 Å². The Balaban J connectivity index is 1.86. The molecule has 0 saturated heterocycles. The second-order valence-electron chi connectivity index (χ2n) is 6.01. The van der Waals surface area contributed by atoms with Gasteiger partial charge >= 0.3 is 0 Å². The molecule has 1 aromatic carbocycles. The fraction of sp³-hybridized carbons (Fsp3) is 0.562. The van der Waals surface area contributed by atoms with Gasteiger partial charge in [0.05, 0.1) is 5.60 Å². The fourth-order valence-electron chi connectivity index (χ4n) is 2.65. The number of benzene rings is 1. The highest BCUT2D eigenvalue weighted by atomic mass is 16.3. The maximum Gasteiger partial charge on any atom is 0.241 e. The van der Waals surface area contributed by atoms with Gasteiger partial charge in [-0.05, 0) is 37.2 Å². The summed E-state index contributed by atoms with van der Waals surface area (Å²) in [6, 6.07) is 8.60. The van der Waals surface area contributed by atoms with Crippen LogP contribution in [0.25, 0.3) is 0 Å². The molecule has 0 bridgehead atoms. The first-order chi connectivity index (χ1) is 9.50. The van der Waals surface area contributed by atoms with Crippen LogP contribution in [0.4, 0.5) is 0 Å². The van der Waals surface area contributed by atoms with E-state index in [-0.39, 0.29) is 5.91 Å². The Hall–Kier alpha value is -1.39. The number of aliphatic hydroxyl groups is 1. The van der Waals surface area contributed by atoms with E-state index in [0.29, 0.717) is 12.5 Å². The maximum absolute atomic E-state index is 12.0. The van der Waals surface area contributed by atoms with Crippen LogP contribution in [-0.2, 0) is 4.79 Å². The molecule has 4 nitrogen and oxygen atoms in total. The summed E-state index contributed by atoms with van der Waals surface area (Å²) in [7, 11) is 0. The molecule has 1 atom stereocenters. The highest BCUT2D eigenvalue weighted by Crippen LogP contribution is 2.31. The van der Waals surface area contributed by atoms with Gasteiger partial charge in [0.25, 0.3) is 0 Å². The summed E-state index contributed by atoms with van der Waals surface area (Å²) in [5.74, 6) is 0.431. The third-order valence-electron chi connectivity index (χ3n) is 4.24. The molecule has 1 aromatic rings. The average Bonchev–Trinajstić information content (AvgIpc) is 2.48. The first-order valence-corrected chi connectivity index (χ1v) is 7.31. The molecule has 0 spiro atoms. The van der Waals surface area contributed by atoms with Crippen LogP contribution in [0.3, 0.4) is 0 Å². The van der Waals surface area contributed by atoms with Crippen molar-refractivity contribution in [1.29, 1.82) is 0 Å². The van der Waals surface area contributed by atoms with Gasteiger partial charge in [0.15, 0.2) is 0 Å². The van der Waals surface area contributed by atoms with Gasteiger partial charge in [-0.3, -0.25) is 4.79 Å². The molecule has 0 aromatic heterocycles. The number of amides is 1. The normalized spacial score (nSPS) is 27.9. The van der Waals surface area contributed by atoms with E-state index in [1.807, 2.05) is 30.3 Å². The van der Waals surface area contributed by atoms with Crippen molar-refractivity contribution >= 4 is 5.91 Å². The second kappa shape index (κ2) is 6.37. The SMILES string of the molecule is CC1CCC(O)(CNC(=O)[C@@H](N)c2ccccc2)CC1. The lowest BCUT2D eigenvalue weighted by Crippen LogP contribution is -2.47. The summed E-state index contributed by atoms with van der Waals surface area (Å²) in [5, 5.41) is 13.2. The zero-order chi connectivity index (χ0) is 14.6. The molecule has 4 N–H and O–H groups in total. The van der Waals surface area contributed by atoms with Crippen molar-refractivity contribution in [3.8, 4) is 0 Å². The van der Waals surface area contributed by atoms with Gasteiger partial charge in [-0.25, -0.2) is 0 Å². The van der Waals surface area contributed by atoms with Crippen molar-refractivity contribution in [3.63, 3.8) is 0 Å². The third-order valence-corrected chi connectivity index (χ3v) is 4.24. The Morgan fingerprint density at radius 2 is 2.00 bits per heavy atom. The quantitative estimate of drug-likeness (QED) is 0.784. The summed E-state index contributed by atoms with van der Waals surface area (Å²) in [6.45, 7) is 2.49. The smallest absolute Gasteiger partial charge is 0.241 e. The average molecular weight is 276 g/mol. The number of carbonyl (C=O) groups excluding carboxylic acids is 1. The van der Waals surface area contributed by atoms with Gasteiger partial charge in [-0.15, -0.1) is 0 Å². The summed E-state index contributed by atoms with van der Waals surface area (Å²) >= 11 is 0. The predicted molar refractivity (Wildman–Crippen MR) is 79.0 cm³/mol. The minimum Gasteiger partial charge on any atom is -0.388 e. The molecule has 0 heterocycles. The Morgan fingerprint density at radius 1 is 1.40 bits per heavy atom. The first kappa shape index (κ1) is 15.0. The van der Waals surface area contributed by atoms with Crippen LogP contribution in [0.15, 0.2) is 30.3 Å². The van der Waals surface area contributed by atoms with Crippen molar-refractivity contribution < 1.29 is 9.90 Å². The Labute approximate surface area is 120 Å². The predicted octanol–water partition coefficient (Wildman–Crippen LogP) is 1.74. The summed E-state index contributed by atoms with van der Waals surface area (Å²) in [5.41, 5.74) is 5.95. The van der Waals surface area contributed by atoms with Crippen molar-refractivity contribution in [2.45, 2.75) is 44.2 Å². The molecule has 1 fully saturated rings. The lowest BCUT2D eigenvalue weighted by molar-refractivity contribution is -0.124. The van der Waals surface area contributed by atoms with Crippen LogP contribution in [0.2, 0.25) is 0 Å². The number of hydrogen-bond donors (Lipinski definition) is 3. The third kappa shape index (κ3) is 3.81. The Bertz CT molecular complexity index is 439. The number of nitrogens with two attached hydrogens (primary N) is 1. The number of nitrogens with one attached hydrogen (secondary N) is 1. The summed E-state index contributed by atoms with van der Waals surface area (Å²) in [6.07, 6.45) is 3.51. The Morgan fingerprint density at radius 3 is 2.60 bits per heavy atom. The van der Waals surface area contributed by atoms with Gasteiger partial charge in [0.2, 0.25) is 5.91 Å². The van der Waals surface area contributed by atoms with E-state index in [1.54, 1.807) is 0 Å². The minimum atomic E-state index is -0.765. The number of carbonyl (C=O) groups is 1. The lowest BCUT2D eigenvalue weighted by Gasteiger charge is -2.35.